The fourth-order valence-electron chi connectivity index (χ4n) is 4.37. The SMILES string of the molecule is O=C(C1=CC[C@@H](c2ccccc2)[C@@]2(S1)C(=O)Nc1cccc(Br)c12)c1ccccc1. The summed E-state index contributed by atoms with van der Waals surface area (Å²) in [7, 11) is 0. The molecule has 0 aromatic heterocycles. The fraction of sp³-hybridized carbons (Fsp3) is 0.120. The number of nitrogens with one attached hydrogen (secondary N) is 1. The third-order valence-corrected chi connectivity index (χ3v) is 7.96. The highest BCUT2D eigenvalue weighted by atomic mass is 79.9. The Kier molecular flexibility index (Phi) is 4.88. The van der Waals surface area contributed by atoms with Crippen molar-refractivity contribution in [3.8, 4) is 0 Å². The number of rotatable bonds is 3. The number of amides is 1. The van der Waals surface area contributed by atoms with Gasteiger partial charge in [-0.05, 0) is 24.1 Å². The first-order valence-corrected chi connectivity index (χ1v) is 11.4. The summed E-state index contributed by atoms with van der Waals surface area (Å²) in [5.74, 6) is -0.203. The second-order valence-electron chi connectivity index (χ2n) is 7.42. The van der Waals surface area contributed by atoms with E-state index in [-0.39, 0.29) is 17.6 Å². The van der Waals surface area contributed by atoms with E-state index in [1.165, 1.54) is 11.8 Å². The Balaban J connectivity index is 1.68. The predicted octanol–water partition coefficient (Wildman–Crippen LogP) is 6.28. The molecule has 5 rings (SSSR count). The molecule has 3 nitrogen and oxygen atoms in total. The largest absolute Gasteiger partial charge is 0.324 e. The Morgan fingerprint density at radius 3 is 2.40 bits per heavy atom. The van der Waals surface area contributed by atoms with Crippen molar-refractivity contribution in [1.82, 2.24) is 0 Å². The lowest BCUT2D eigenvalue weighted by molar-refractivity contribution is -0.118. The van der Waals surface area contributed by atoms with Crippen LogP contribution in [-0.4, -0.2) is 11.7 Å². The van der Waals surface area contributed by atoms with Crippen LogP contribution in [0.5, 0.6) is 0 Å². The van der Waals surface area contributed by atoms with Crippen molar-refractivity contribution in [2.24, 2.45) is 0 Å². The van der Waals surface area contributed by atoms with Crippen molar-refractivity contribution in [3.63, 3.8) is 0 Å². The van der Waals surface area contributed by atoms with Gasteiger partial charge in [-0.15, -0.1) is 0 Å². The Morgan fingerprint density at radius 1 is 0.967 bits per heavy atom. The molecule has 5 heteroatoms. The summed E-state index contributed by atoms with van der Waals surface area (Å²) in [6.45, 7) is 0. The maximum Gasteiger partial charge on any atom is 0.246 e. The second-order valence-corrected chi connectivity index (χ2v) is 9.56. The highest BCUT2D eigenvalue weighted by Gasteiger charge is 2.56. The normalized spacial score (nSPS) is 22.4. The van der Waals surface area contributed by atoms with Gasteiger partial charge in [0.25, 0.3) is 0 Å². The van der Waals surface area contributed by atoms with Gasteiger partial charge in [-0.1, -0.05) is 100 Å². The first-order valence-electron chi connectivity index (χ1n) is 9.75. The first-order chi connectivity index (χ1) is 14.6. The number of anilines is 1. The van der Waals surface area contributed by atoms with Crippen molar-refractivity contribution >= 4 is 45.1 Å². The molecule has 1 N–H and O–H groups in total. The van der Waals surface area contributed by atoms with Gasteiger partial charge >= 0.3 is 0 Å². The summed E-state index contributed by atoms with van der Waals surface area (Å²) >= 11 is 5.06. The molecule has 0 saturated heterocycles. The first kappa shape index (κ1) is 19.3. The van der Waals surface area contributed by atoms with Crippen LogP contribution in [0.25, 0.3) is 0 Å². The molecule has 2 aliphatic heterocycles. The summed E-state index contributed by atoms with van der Waals surface area (Å²) in [6.07, 6.45) is 2.60. The molecule has 0 aliphatic carbocycles. The van der Waals surface area contributed by atoms with Crippen LogP contribution in [0.15, 0.2) is 94.3 Å². The van der Waals surface area contributed by atoms with Gasteiger partial charge in [0, 0.05) is 27.2 Å². The van der Waals surface area contributed by atoms with Crippen LogP contribution in [0.2, 0.25) is 0 Å². The van der Waals surface area contributed by atoms with E-state index in [0.29, 0.717) is 16.9 Å². The summed E-state index contributed by atoms with van der Waals surface area (Å²) in [6, 6.07) is 25.1. The number of thioether (sulfide) groups is 1. The van der Waals surface area contributed by atoms with E-state index < -0.39 is 4.75 Å². The highest BCUT2D eigenvalue weighted by Crippen LogP contribution is 2.61. The monoisotopic (exact) mass is 475 g/mol. The number of ketones is 1. The number of halogens is 1. The van der Waals surface area contributed by atoms with Crippen molar-refractivity contribution in [2.45, 2.75) is 17.1 Å². The molecule has 3 aromatic carbocycles. The third kappa shape index (κ3) is 2.96. The molecule has 0 radical (unpaired) electrons. The van der Waals surface area contributed by atoms with Crippen LogP contribution < -0.4 is 5.32 Å². The van der Waals surface area contributed by atoms with Crippen LogP contribution in [0, 0.1) is 0 Å². The lowest BCUT2D eigenvalue weighted by Gasteiger charge is -2.39. The van der Waals surface area contributed by atoms with E-state index in [1.54, 1.807) is 0 Å². The third-order valence-electron chi connectivity index (χ3n) is 5.73. The summed E-state index contributed by atoms with van der Waals surface area (Å²) in [5, 5.41) is 3.07. The lowest BCUT2D eigenvalue weighted by Crippen LogP contribution is -2.40. The zero-order valence-corrected chi connectivity index (χ0v) is 18.4. The van der Waals surface area contributed by atoms with Gasteiger partial charge in [0.1, 0.15) is 4.75 Å². The molecule has 2 aliphatic rings. The molecule has 0 bridgehead atoms. The molecule has 0 unspecified atom stereocenters. The average Bonchev–Trinajstić information content (AvgIpc) is 3.06. The second kappa shape index (κ2) is 7.56. The van der Waals surface area contributed by atoms with Crippen LogP contribution in [-0.2, 0) is 9.54 Å². The van der Waals surface area contributed by atoms with Gasteiger partial charge in [-0.3, -0.25) is 9.59 Å². The standard InChI is InChI=1S/C25H18BrNO2S/c26-19-12-7-13-20-22(19)25(24(29)27-20)18(16-8-3-1-4-9-16)14-15-21(30-25)23(28)17-10-5-2-6-11-17/h1-13,15,18H,14H2,(H,27,29)/t18-,25-/m0/s1. The Labute approximate surface area is 187 Å². The molecule has 1 amide bonds. The van der Waals surface area contributed by atoms with Crippen LogP contribution in [0.3, 0.4) is 0 Å². The minimum atomic E-state index is -0.911. The highest BCUT2D eigenvalue weighted by molar-refractivity contribution is 9.10. The van der Waals surface area contributed by atoms with Crippen LogP contribution >= 0.6 is 27.7 Å². The predicted molar refractivity (Wildman–Crippen MR) is 125 cm³/mol. The van der Waals surface area contributed by atoms with Crippen LogP contribution in [0.1, 0.15) is 33.8 Å². The zero-order valence-electron chi connectivity index (χ0n) is 16.0. The molecule has 0 saturated carbocycles. The molecule has 30 heavy (non-hydrogen) atoms. The minimum absolute atomic E-state index is 0.0419. The maximum atomic E-state index is 13.6. The molecule has 2 heterocycles. The summed E-state index contributed by atoms with van der Waals surface area (Å²) < 4.78 is -0.0362. The molecular formula is C25H18BrNO2S. The van der Waals surface area contributed by atoms with Gasteiger partial charge in [-0.25, -0.2) is 0 Å². The van der Waals surface area contributed by atoms with E-state index in [4.69, 9.17) is 0 Å². The lowest BCUT2D eigenvalue weighted by atomic mass is 9.78. The molecule has 2 atom stereocenters. The molecule has 3 aromatic rings. The van der Waals surface area contributed by atoms with Gasteiger partial charge in [0.2, 0.25) is 5.91 Å². The molecule has 148 valence electrons. The van der Waals surface area contributed by atoms with E-state index >= 15 is 0 Å². The molecular weight excluding hydrogens is 458 g/mol. The number of allylic oxidation sites excluding steroid dienone is 2. The number of hydrogen-bond donors (Lipinski definition) is 1. The number of benzene rings is 3. The number of Topliss-reactive ketones (excluding diaryl/α,β-unsaturated/α-hetero) is 1. The van der Waals surface area contributed by atoms with E-state index in [1.807, 2.05) is 72.8 Å². The smallest absolute Gasteiger partial charge is 0.246 e. The van der Waals surface area contributed by atoms with E-state index in [0.717, 1.165) is 21.3 Å². The van der Waals surface area contributed by atoms with E-state index in [2.05, 4.69) is 33.4 Å². The quantitative estimate of drug-likeness (QED) is 0.453. The van der Waals surface area contributed by atoms with E-state index in [9.17, 15) is 9.59 Å². The van der Waals surface area contributed by atoms with Crippen LogP contribution in [0.4, 0.5) is 5.69 Å². The molecule has 1 spiro atoms. The van der Waals surface area contributed by atoms with Gasteiger partial charge in [0.15, 0.2) is 5.78 Å². The van der Waals surface area contributed by atoms with Crippen molar-refractivity contribution in [1.29, 1.82) is 0 Å². The van der Waals surface area contributed by atoms with Crippen molar-refractivity contribution in [2.75, 3.05) is 5.32 Å². The van der Waals surface area contributed by atoms with Gasteiger partial charge in [0.05, 0.1) is 4.91 Å². The van der Waals surface area contributed by atoms with Gasteiger partial charge in [-0.2, -0.15) is 0 Å². The number of carbonyl (C=O) groups excluding carboxylic acids is 2. The Hall–Kier alpha value is -2.63. The molecule has 0 fully saturated rings. The number of fused-ring (bicyclic) bond motifs is 2. The minimum Gasteiger partial charge on any atom is -0.324 e. The van der Waals surface area contributed by atoms with Crippen molar-refractivity contribution in [3.05, 3.63) is 111 Å². The average molecular weight is 476 g/mol. The Bertz CT molecular complexity index is 1180. The maximum absolute atomic E-state index is 13.6. The topological polar surface area (TPSA) is 46.2 Å². The fourth-order valence-corrected chi connectivity index (χ4v) is 6.76. The summed E-state index contributed by atoms with van der Waals surface area (Å²) in [5.41, 5.74) is 3.44. The van der Waals surface area contributed by atoms with Gasteiger partial charge < -0.3 is 5.32 Å². The number of hydrogen-bond acceptors (Lipinski definition) is 3. The van der Waals surface area contributed by atoms with Crippen molar-refractivity contribution < 1.29 is 9.59 Å². The Morgan fingerprint density at radius 2 is 1.67 bits per heavy atom. The summed E-state index contributed by atoms with van der Waals surface area (Å²) in [4.78, 5) is 27.4. The number of carbonyl (C=O) groups is 2. The zero-order chi connectivity index (χ0) is 20.7.